The molecule has 0 spiro atoms. The van der Waals surface area contributed by atoms with Gasteiger partial charge in [0.25, 0.3) is 0 Å². The van der Waals surface area contributed by atoms with Gasteiger partial charge in [-0.15, -0.1) is 0 Å². The van der Waals surface area contributed by atoms with Crippen LogP contribution < -0.4 is 4.74 Å². The number of halogens is 2. The average molecular weight is 335 g/mol. The standard InChI is InChI=1S/C15H12BrFN2O/c1-20-12-4-2-10(3-5-12)8-19-9-11-6-14(17)13(16)7-15(11)18-19/h2-7,9H,8H2,1H3. The Morgan fingerprint density at radius 3 is 2.70 bits per heavy atom. The normalized spacial score (nSPS) is 10.9. The lowest BCUT2D eigenvalue weighted by atomic mass is 10.2. The third kappa shape index (κ3) is 2.54. The predicted molar refractivity (Wildman–Crippen MR) is 79.5 cm³/mol. The summed E-state index contributed by atoms with van der Waals surface area (Å²) in [4.78, 5) is 0. The number of benzene rings is 2. The molecule has 0 fully saturated rings. The average Bonchev–Trinajstić information content (AvgIpc) is 2.81. The van der Waals surface area contributed by atoms with E-state index in [4.69, 9.17) is 4.74 Å². The van der Waals surface area contributed by atoms with E-state index in [0.29, 0.717) is 11.0 Å². The van der Waals surface area contributed by atoms with Crippen LogP contribution in [0.5, 0.6) is 5.75 Å². The Morgan fingerprint density at radius 2 is 2.00 bits per heavy atom. The van der Waals surface area contributed by atoms with Crippen molar-refractivity contribution in [2.75, 3.05) is 7.11 Å². The third-order valence-electron chi connectivity index (χ3n) is 3.10. The number of methoxy groups -OCH3 is 1. The number of nitrogens with zero attached hydrogens (tertiary/aromatic N) is 2. The lowest BCUT2D eigenvalue weighted by Gasteiger charge is -2.03. The molecular formula is C15H12BrFN2O. The van der Waals surface area contributed by atoms with Gasteiger partial charge < -0.3 is 4.74 Å². The van der Waals surface area contributed by atoms with Gasteiger partial charge in [-0.25, -0.2) is 4.39 Å². The first kappa shape index (κ1) is 13.1. The van der Waals surface area contributed by atoms with E-state index in [0.717, 1.165) is 22.2 Å². The Bertz CT molecular complexity index is 713. The largest absolute Gasteiger partial charge is 0.497 e. The van der Waals surface area contributed by atoms with Crippen molar-refractivity contribution in [2.24, 2.45) is 0 Å². The minimum absolute atomic E-state index is 0.276. The lowest BCUT2D eigenvalue weighted by molar-refractivity contribution is 0.414. The summed E-state index contributed by atoms with van der Waals surface area (Å²) < 4.78 is 20.8. The minimum atomic E-state index is -0.276. The van der Waals surface area contributed by atoms with Crippen LogP contribution in [-0.4, -0.2) is 16.9 Å². The van der Waals surface area contributed by atoms with Crippen molar-refractivity contribution in [1.82, 2.24) is 9.78 Å². The van der Waals surface area contributed by atoms with E-state index in [2.05, 4.69) is 21.0 Å². The van der Waals surface area contributed by atoms with Crippen LogP contribution in [0.15, 0.2) is 47.1 Å². The second-order valence-electron chi connectivity index (χ2n) is 4.50. The quantitative estimate of drug-likeness (QED) is 0.724. The molecule has 20 heavy (non-hydrogen) atoms. The molecule has 1 heterocycles. The Morgan fingerprint density at radius 1 is 1.25 bits per heavy atom. The highest BCUT2D eigenvalue weighted by molar-refractivity contribution is 9.10. The number of aromatic nitrogens is 2. The molecule has 0 amide bonds. The first-order valence-electron chi connectivity index (χ1n) is 6.11. The Kier molecular flexibility index (Phi) is 3.44. The fourth-order valence-corrected chi connectivity index (χ4v) is 2.40. The summed E-state index contributed by atoms with van der Waals surface area (Å²) in [5.41, 5.74) is 1.88. The fraction of sp³-hybridized carbons (Fsp3) is 0.133. The lowest BCUT2D eigenvalue weighted by Crippen LogP contribution is -1.99. The monoisotopic (exact) mass is 334 g/mol. The molecule has 2 aromatic carbocycles. The highest BCUT2D eigenvalue weighted by atomic mass is 79.9. The summed E-state index contributed by atoms with van der Waals surface area (Å²) in [6.07, 6.45) is 1.84. The Hall–Kier alpha value is -1.88. The van der Waals surface area contributed by atoms with Gasteiger partial charge in [0.2, 0.25) is 0 Å². The highest BCUT2D eigenvalue weighted by Crippen LogP contribution is 2.22. The number of hydrogen-bond acceptors (Lipinski definition) is 2. The van der Waals surface area contributed by atoms with Crippen LogP contribution >= 0.6 is 15.9 Å². The van der Waals surface area contributed by atoms with Gasteiger partial charge in [0.05, 0.1) is 23.6 Å². The molecule has 1 aromatic heterocycles. The van der Waals surface area contributed by atoms with E-state index in [-0.39, 0.29) is 5.82 Å². The van der Waals surface area contributed by atoms with Crippen molar-refractivity contribution in [3.05, 3.63) is 58.4 Å². The molecule has 0 N–H and O–H groups in total. The molecule has 0 atom stereocenters. The van der Waals surface area contributed by atoms with Crippen molar-refractivity contribution in [1.29, 1.82) is 0 Å². The van der Waals surface area contributed by atoms with Crippen molar-refractivity contribution in [3.63, 3.8) is 0 Å². The molecular weight excluding hydrogens is 323 g/mol. The van der Waals surface area contributed by atoms with Crippen molar-refractivity contribution in [3.8, 4) is 5.75 Å². The van der Waals surface area contributed by atoms with Crippen LogP contribution in [0.3, 0.4) is 0 Å². The zero-order chi connectivity index (χ0) is 14.1. The summed E-state index contributed by atoms with van der Waals surface area (Å²) in [6, 6.07) is 11.0. The summed E-state index contributed by atoms with van der Waals surface area (Å²) >= 11 is 3.17. The highest BCUT2D eigenvalue weighted by Gasteiger charge is 2.06. The van der Waals surface area contributed by atoms with Gasteiger partial charge >= 0.3 is 0 Å². The molecule has 0 unspecified atom stereocenters. The summed E-state index contributed by atoms with van der Waals surface area (Å²) in [5, 5.41) is 5.23. The van der Waals surface area contributed by atoms with E-state index in [1.54, 1.807) is 17.9 Å². The van der Waals surface area contributed by atoms with Crippen LogP contribution in [0.1, 0.15) is 5.56 Å². The maximum atomic E-state index is 13.5. The smallest absolute Gasteiger partial charge is 0.138 e. The first-order chi connectivity index (χ1) is 9.65. The van der Waals surface area contributed by atoms with E-state index < -0.39 is 0 Å². The van der Waals surface area contributed by atoms with Gasteiger partial charge in [-0.05, 0) is 45.8 Å². The molecule has 0 saturated heterocycles. The van der Waals surface area contributed by atoms with E-state index in [9.17, 15) is 4.39 Å². The molecule has 0 aliphatic carbocycles. The molecule has 0 aliphatic heterocycles. The van der Waals surface area contributed by atoms with Crippen LogP contribution in [0.25, 0.3) is 10.9 Å². The summed E-state index contributed by atoms with van der Waals surface area (Å²) in [5.74, 6) is 0.548. The third-order valence-corrected chi connectivity index (χ3v) is 3.71. The SMILES string of the molecule is COc1ccc(Cn2cc3cc(F)c(Br)cc3n2)cc1. The van der Waals surface area contributed by atoms with Gasteiger partial charge in [0, 0.05) is 11.6 Å². The zero-order valence-corrected chi connectivity index (χ0v) is 12.4. The molecule has 3 rings (SSSR count). The molecule has 0 aliphatic rings. The molecule has 3 aromatic rings. The second-order valence-corrected chi connectivity index (χ2v) is 5.35. The van der Waals surface area contributed by atoms with Gasteiger partial charge in [-0.2, -0.15) is 5.10 Å². The number of rotatable bonds is 3. The molecule has 102 valence electrons. The zero-order valence-electron chi connectivity index (χ0n) is 10.8. The Balaban J connectivity index is 1.90. The van der Waals surface area contributed by atoms with Crippen LogP contribution in [0.4, 0.5) is 4.39 Å². The maximum absolute atomic E-state index is 13.5. The fourth-order valence-electron chi connectivity index (χ4n) is 2.07. The minimum Gasteiger partial charge on any atom is -0.497 e. The number of fused-ring (bicyclic) bond motifs is 1. The van der Waals surface area contributed by atoms with Gasteiger partial charge in [0.1, 0.15) is 11.6 Å². The van der Waals surface area contributed by atoms with Gasteiger partial charge in [-0.3, -0.25) is 4.68 Å². The molecule has 3 nitrogen and oxygen atoms in total. The molecule has 0 bridgehead atoms. The molecule has 0 radical (unpaired) electrons. The molecule has 5 heteroatoms. The Labute approximate surface area is 124 Å². The topological polar surface area (TPSA) is 27.1 Å². The van der Waals surface area contributed by atoms with E-state index in [1.165, 1.54) is 6.07 Å². The molecule has 0 saturated carbocycles. The van der Waals surface area contributed by atoms with Crippen molar-refractivity contribution >= 4 is 26.8 Å². The van der Waals surface area contributed by atoms with E-state index in [1.807, 2.05) is 30.5 Å². The van der Waals surface area contributed by atoms with E-state index >= 15 is 0 Å². The first-order valence-corrected chi connectivity index (χ1v) is 6.90. The van der Waals surface area contributed by atoms with Crippen LogP contribution in [0.2, 0.25) is 0 Å². The summed E-state index contributed by atoms with van der Waals surface area (Å²) in [7, 11) is 1.64. The number of hydrogen-bond donors (Lipinski definition) is 0. The maximum Gasteiger partial charge on any atom is 0.138 e. The predicted octanol–water partition coefficient (Wildman–Crippen LogP) is 3.99. The second kappa shape index (κ2) is 5.25. The van der Waals surface area contributed by atoms with Gasteiger partial charge in [0.15, 0.2) is 0 Å². The summed E-state index contributed by atoms with van der Waals surface area (Å²) in [6.45, 7) is 0.637. The van der Waals surface area contributed by atoms with Crippen molar-refractivity contribution in [2.45, 2.75) is 6.54 Å². The van der Waals surface area contributed by atoms with Crippen molar-refractivity contribution < 1.29 is 9.13 Å². The van der Waals surface area contributed by atoms with Crippen LogP contribution in [0, 0.1) is 5.82 Å². The van der Waals surface area contributed by atoms with Crippen LogP contribution in [-0.2, 0) is 6.54 Å². The number of ether oxygens (including phenoxy) is 1. The van der Waals surface area contributed by atoms with Gasteiger partial charge in [-0.1, -0.05) is 12.1 Å².